The van der Waals surface area contributed by atoms with Gasteiger partial charge in [-0.05, 0) is 12.5 Å². The van der Waals surface area contributed by atoms with Crippen LogP contribution in [0.5, 0.6) is 0 Å². The van der Waals surface area contributed by atoms with Crippen LogP contribution in [0.15, 0.2) is 30.3 Å². The number of aliphatic hydroxyl groups excluding tert-OH is 1. The molecule has 1 rings (SSSR count). The molecule has 148 valence electrons. The highest BCUT2D eigenvalue weighted by Crippen LogP contribution is 2.04. The van der Waals surface area contributed by atoms with Gasteiger partial charge in [-0.2, -0.15) is 0 Å². The molecule has 0 saturated carbocycles. The molecule has 0 aliphatic heterocycles. The van der Waals surface area contributed by atoms with E-state index in [2.05, 4.69) is 16.0 Å². The monoisotopic (exact) mass is 380 g/mol. The predicted octanol–water partition coefficient (Wildman–Crippen LogP) is -2.26. The van der Waals surface area contributed by atoms with E-state index in [-0.39, 0.29) is 13.0 Å². The fourth-order valence-electron chi connectivity index (χ4n) is 2.15. The number of carboxylic acid groups (broad SMARTS) is 1. The molecule has 10 heteroatoms. The highest BCUT2D eigenvalue weighted by molar-refractivity contribution is 5.93. The lowest BCUT2D eigenvalue weighted by molar-refractivity contribution is -0.142. The Morgan fingerprint density at radius 3 is 2.11 bits per heavy atom. The number of rotatable bonds is 10. The van der Waals surface area contributed by atoms with Gasteiger partial charge in [0.2, 0.25) is 17.7 Å². The van der Waals surface area contributed by atoms with Crippen molar-refractivity contribution in [1.82, 2.24) is 16.0 Å². The minimum atomic E-state index is -1.37. The third-order valence-corrected chi connectivity index (χ3v) is 3.66. The van der Waals surface area contributed by atoms with E-state index >= 15 is 0 Å². The van der Waals surface area contributed by atoms with E-state index in [1.807, 2.05) is 0 Å². The molecular formula is C17H24N4O6. The molecule has 0 aliphatic rings. The SMILES string of the molecule is C[C@H](NC(=O)[C@H](CO)NC(=O)[C@H](Cc1ccccc1)NC(=O)CN)C(=O)O. The summed E-state index contributed by atoms with van der Waals surface area (Å²) in [6, 6.07) is 5.28. The van der Waals surface area contributed by atoms with Crippen LogP contribution in [0.4, 0.5) is 0 Å². The predicted molar refractivity (Wildman–Crippen MR) is 95.4 cm³/mol. The van der Waals surface area contributed by atoms with Gasteiger partial charge in [0.25, 0.3) is 0 Å². The van der Waals surface area contributed by atoms with Crippen molar-refractivity contribution in [2.75, 3.05) is 13.2 Å². The molecule has 0 fully saturated rings. The summed E-state index contributed by atoms with van der Waals surface area (Å²) < 4.78 is 0. The number of carboxylic acids is 1. The van der Waals surface area contributed by atoms with Gasteiger partial charge in [-0.15, -0.1) is 0 Å². The first-order valence-electron chi connectivity index (χ1n) is 8.26. The Hall–Kier alpha value is -2.98. The standard InChI is InChI=1S/C17H24N4O6/c1-10(17(26)27)19-16(25)13(9-22)21-15(24)12(20-14(23)8-18)7-11-5-3-2-4-6-11/h2-6,10,12-13,22H,7-9,18H2,1H3,(H,19,25)(H,20,23)(H,21,24)(H,26,27)/t10-,12-,13-/m0/s1. The summed E-state index contributed by atoms with van der Waals surface area (Å²) in [6.45, 7) is 0.182. The summed E-state index contributed by atoms with van der Waals surface area (Å²) in [6.07, 6.45) is 0.143. The Kier molecular flexibility index (Phi) is 8.90. The molecule has 0 spiro atoms. The van der Waals surface area contributed by atoms with E-state index in [4.69, 9.17) is 10.8 Å². The maximum absolute atomic E-state index is 12.5. The van der Waals surface area contributed by atoms with E-state index in [1.54, 1.807) is 30.3 Å². The molecule has 0 heterocycles. The van der Waals surface area contributed by atoms with Gasteiger partial charge in [0.05, 0.1) is 13.2 Å². The Labute approximate surface area is 156 Å². The number of hydrogen-bond donors (Lipinski definition) is 6. The van der Waals surface area contributed by atoms with E-state index in [0.29, 0.717) is 0 Å². The van der Waals surface area contributed by atoms with Crippen LogP contribution < -0.4 is 21.7 Å². The van der Waals surface area contributed by atoms with E-state index < -0.39 is 48.4 Å². The number of aliphatic carboxylic acids is 1. The largest absolute Gasteiger partial charge is 0.480 e. The van der Waals surface area contributed by atoms with Crippen LogP contribution in [-0.4, -0.2) is 65.2 Å². The van der Waals surface area contributed by atoms with Crippen LogP contribution in [0.1, 0.15) is 12.5 Å². The number of nitrogens with one attached hydrogen (secondary N) is 3. The summed E-state index contributed by atoms with van der Waals surface area (Å²) >= 11 is 0. The zero-order valence-electron chi connectivity index (χ0n) is 14.8. The molecular weight excluding hydrogens is 356 g/mol. The summed E-state index contributed by atoms with van der Waals surface area (Å²) in [5, 5.41) is 25.1. The highest BCUT2D eigenvalue weighted by atomic mass is 16.4. The van der Waals surface area contributed by atoms with Crippen molar-refractivity contribution in [1.29, 1.82) is 0 Å². The summed E-state index contributed by atoms with van der Waals surface area (Å²) in [5.74, 6) is -3.39. The molecule has 27 heavy (non-hydrogen) atoms. The number of amides is 3. The molecule has 10 nitrogen and oxygen atoms in total. The zero-order chi connectivity index (χ0) is 20.4. The number of carbonyl (C=O) groups is 4. The van der Waals surface area contributed by atoms with Crippen LogP contribution in [0.3, 0.4) is 0 Å². The molecule has 0 radical (unpaired) electrons. The summed E-state index contributed by atoms with van der Waals surface area (Å²) in [5.41, 5.74) is 6.03. The Morgan fingerprint density at radius 2 is 1.59 bits per heavy atom. The van der Waals surface area contributed by atoms with Crippen molar-refractivity contribution < 1.29 is 29.4 Å². The zero-order valence-corrected chi connectivity index (χ0v) is 14.8. The molecule has 0 bridgehead atoms. The minimum Gasteiger partial charge on any atom is -0.480 e. The van der Waals surface area contributed by atoms with Gasteiger partial charge in [0.1, 0.15) is 18.1 Å². The number of benzene rings is 1. The minimum absolute atomic E-state index is 0.143. The van der Waals surface area contributed by atoms with Crippen LogP contribution in [0.2, 0.25) is 0 Å². The first kappa shape index (κ1) is 22.1. The lowest BCUT2D eigenvalue weighted by atomic mass is 10.0. The molecule has 3 amide bonds. The summed E-state index contributed by atoms with van der Waals surface area (Å²) in [4.78, 5) is 47.0. The van der Waals surface area contributed by atoms with E-state index in [9.17, 15) is 24.3 Å². The highest BCUT2D eigenvalue weighted by Gasteiger charge is 2.27. The van der Waals surface area contributed by atoms with Gasteiger partial charge in [0.15, 0.2) is 0 Å². The Balaban J connectivity index is 2.84. The van der Waals surface area contributed by atoms with Gasteiger partial charge in [-0.25, -0.2) is 0 Å². The van der Waals surface area contributed by atoms with Crippen molar-refractivity contribution in [3.05, 3.63) is 35.9 Å². The van der Waals surface area contributed by atoms with Crippen LogP contribution in [0.25, 0.3) is 0 Å². The fraction of sp³-hybridized carbons (Fsp3) is 0.412. The van der Waals surface area contributed by atoms with Crippen molar-refractivity contribution in [3.8, 4) is 0 Å². The van der Waals surface area contributed by atoms with Gasteiger partial charge in [0, 0.05) is 6.42 Å². The molecule has 0 aliphatic carbocycles. The Morgan fingerprint density at radius 1 is 1.00 bits per heavy atom. The molecule has 0 aromatic heterocycles. The second kappa shape index (κ2) is 10.9. The average Bonchev–Trinajstić information content (AvgIpc) is 2.65. The number of nitrogens with two attached hydrogens (primary N) is 1. The van der Waals surface area contributed by atoms with Gasteiger partial charge >= 0.3 is 5.97 Å². The van der Waals surface area contributed by atoms with Crippen molar-refractivity contribution in [3.63, 3.8) is 0 Å². The molecule has 1 aromatic rings. The molecule has 3 atom stereocenters. The van der Waals surface area contributed by atoms with E-state index in [1.165, 1.54) is 6.92 Å². The second-order valence-corrected chi connectivity index (χ2v) is 5.83. The second-order valence-electron chi connectivity index (χ2n) is 5.83. The molecule has 1 aromatic carbocycles. The maximum Gasteiger partial charge on any atom is 0.325 e. The molecule has 0 unspecified atom stereocenters. The lowest BCUT2D eigenvalue weighted by Gasteiger charge is -2.22. The number of aliphatic hydroxyl groups is 1. The topological polar surface area (TPSA) is 171 Å². The number of carbonyl (C=O) groups excluding carboxylic acids is 3. The van der Waals surface area contributed by atoms with Crippen molar-refractivity contribution in [2.24, 2.45) is 5.73 Å². The average molecular weight is 380 g/mol. The third-order valence-electron chi connectivity index (χ3n) is 3.66. The van der Waals surface area contributed by atoms with Crippen molar-refractivity contribution in [2.45, 2.75) is 31.5 Å². The molecule has 7 N–H and O–H groups in total. The van der Waals surface area contributed by atoms with Gasteiger partial charge in [-0.3, -0.25) is 19.2 Å². The van der Waals surface area contributed by atoms with Crippen LogP contribution >= 0.6 is 0 Å². The smallest absolute Gasteiger partial charge is 0.325 e. The maximum atomic E-state index is 12.5. The Bertz CT molecular complexity index is 667. The first-order chi connectivity index (χ1) is 12.8. The first-order valence-corrected chi connectivity index (χ1v) is 8.26. The van der Waals surface area contributed by atoms with Crippen LogP contribution in [-0.2, 0) is 25.6 Å². The van der Waals surface area contributed by atoms with E-state index in [0.717, 1.165) is 5.56 Å². The lowest BCUT2D eigenvalue weighted by Crippen LogP contribution is -2.57. The van der Waals surface area contributed by atoms with Gasteiger partial charge < -0.3 is 31.9 Å². The molecule has 0 saturated heterocycles. The normalized spacial score (nSPS) is 13.7. The fourth-order valence-corrected chi connectivity index (χ4v) is 2.15. The third kappa shape index (κ3) is 7.42. The van der Waals surface area contributed by atoms with Gasteiger partial charge in [-0.1, -0.05) is 30.3 Å². The summed E-state index contributed by atoms with van der Waals surface area (Å²) in [7, 11) is 0. The van der Waals surface area contributed by atoms with Crippen molar-refractivity contribution >= 4 is 23.7 Å². The quantitative estimate of drug-likeness (QED) is 0.266. The van der Waals surface area contributed by atoms with Crippen LogP contribution in [0, 0.1) is 0 Å². The number of hydrogen-bond acceptors (Lipinski definition) is 6.